The molecule has 0 aromatic heterocycles. The molecular weight excluding hydrogens is 184 g/mol. The van der Waals surface area contributed by atoms with Crippen molar-refractivity contribution < 1.29 is 13.6 Å². The Kier molecular flexibility index (Phi) is 7.13. The normalized spacial score (nSPS) is 11.6. The van der Waals surface area contributed by atoms with E-state index >= 15 is 0 Å². The van der Waals surface area contributed by atoms with Crippen molar-refractivity contribution in [3.05, 3.63) is 0 Å². The van der Waals surface area contributed by atoms with E-state index in [0.717, 1.165) is 12.5 Å². The topological polar surface area (TPSA) is 35.5 Å². The van der Waals surface area contributed by atoms with Crippen LogP contribution in [0.4, 0.5) is 0 Å². The van der Waals surface area contributed by atoms with Gasteiger partial charge in [-0.1, -0.05) is 0 Å². The van der Waals surface area contributed by atoms with E-state index in [2.05, 4.69) is 0 Å². The quantitative estimate of drug-likeness (QED) is 0.447. The van der Waals surface area contributed by atoms with Crippen molar-refractivity contribution in [1.29, 1.82) is 0 Å². The van der Waals surface area contributed by atoms with Gasteiger partial charge in [0.25, 0.3) is 0 Å². The van der Waals surface area contributed by atoms with Crippen molar-refractivity contribution in [2.75, 3.05) is 13.2 Å². The first kappa shape index (κ1) is 12.8. The summed E-state index contributed by atoms with van der Waals surface area (Å²) in [6, 6.07) is 0.879. The fraction of sp³-hybridized carbons (Fsp3) is 0.889. The number of carbonyl (C=O) groups excluding carboxylic acids is 1. The van der Waals surface area contributed by atoms with E-state index < -0.39 is 8.56 Å². The van der Waals surface area contributed by atoms with Gasteiger partial charge in [-0.25, -0.2) is 0 Å². The zero-order chi connectivity index (χ0) is 10.2. The monoisotopic (exact) mass is 203 g/mol. The van der Waals surface area contributed by atoms with E-state index in [0.29, 0.717) is 19.6 Å². The Morgan fingerprint density at radius 2 is 1.77 bits per heavy atom. The van der Waals surface area contributed by atoms with Crippen molar-refractivity contribution in [2.24, 2.45) is 0 Å². The van der Waals surface area contributed by atoms with Gasteiger partial charge in [-0.15, -0.1) is 0 Å². The fourth-order valence-electron chi connectivity index (χ4n) is 1.28. The van der Waals surface area contributed by atoms with Crippen LogP contribution in [-0.2, 0) is 13.6 Å². The first-order chi connectivity index (χ1) is 6.18. The molecule has 13 heavy (non-hydrogen) atoms. The van der Waals surface area contributed by atoms with Crippen LogP contribution in [0.3, 0.4) is 0 Å². The predicted molar refractivity (Wildman–Crippen MR) is 54.6 cm³/mol. The van der Waals surface area contributed by atoms with Gasteiger partial charge >= 0.3 is 8.56 Å². The lowest BCUT2D eigenvalue weighted by molar-refractivity contribution is 0.188. The molecule has 0 fully saturated rings. The van der Waals surface area contributed by atoms with Crippen LogP contribution < -0.4 is 0 Å². The molecule has 0 heterocycles. The molecular formula is C9H19O3Si. The minimum Gasteiger partial charge on any atom is -0.395 e. The molecule has 3 nitrogen and oxygen atoms in total. The van der Waals surface area contributed by atoms with E-state index in [1.807, 2.05) is 26.7 Å². The second-order valence-corrected chi connectivity index (χ2v) is 6.34. The van der Waals surface area contributed by atoms with Crippen LogP contribution in [-0.4, -0.2) is 28.1 Å². The predicted octanol–water partition coefficient (Wildman–Crippen LogP) is 2.02. The number of unbranched alkanes of at least 4 members (excludes halogenated alkanes) is 1. The summed E-state index contributed by atoms with van der Waals surface area (Å²) in [5, 5.41) is 0. The molecule has 0 rings (SSSR count). The van der Waals surface area contributed by atoms with Crippen LogP contribution in [0.25, 0.3) is 0 Å². The first-order valence-corrected chi connectivity index (χ1v) is 7.33. The lowest BCUT2D eigenvalue weighted by Gasteiger charge is -2.25. The lowest BCUT2D eigenvalue weighted by atomic mass is 10.4. The van der Waals surface area contributed by atoms with Crippen LogP contribution in [0, 0.1) is 0 Å². The Hall–Kier alpha value is -0.193. The highest BCUT2D eigenvalue weighted by Gasteiger charge is 2.29. The average molecular weight is 203 g/mol. The van der Waals surface area contributed by atoms with Gasteiger partial charge in [0.15, 0.2) is 6.29 Å². The number of rotatable bonds is 8. The highest BCUT2D eigenvalue weighted by atomic mass is 28.4. The zero-order valence-electron chi connectivity index (χ0n) is 8.76. The fourth-order valence-corrected chi connectivity index (χ4v) is 3.69. The number of hydrogen-bond donors (Lipinski definition) is 0. The summed E-state index contributed by atoms with van der Waals surface area (Å²) in [5.41, 5.74) is 0. The smallest absolute Gasteiger partial charge is 0.334 e. The van der Waals surface area contributed by atoms with Gasteiger partial charge in [0, 0.05) is 19.6 Å². The summed E-state index contributed by atoms with van der Waals surface area (Å²) < 4.78 is 11.2. The molecule has 1 radical (unpaired) electrons. The summed E-state index contributed by atoms with van der Waals surface area (Å²) in [4.78, 5) is 10.0. The summed E-state index contributed by atoms with van der Waals surface area (Å²) >= 11 is 0. The average Bonchev–Trinajstić information content (AvgIpc) is 2.05. The van der Waals surface area contributed by atoms with Crippen molar-refractivity contribution >= 4 is 14.8 Å². The molecule has 4 heteroatoms. The maximum absolute atomic E-state index is 10.0. The van der Waals surface area contributed by atoms with E-state index in [1.165, 1.54) is 0 Å². The Bertz CT molecular complexity index is 133. The molecule has 0 aromatic carbocycles. The third-order valence-electron chi connectivity index (χ3n) is 1.81. The van der Waals surface area contributed by atoms with Crippen LogP contribution in [0.2, 0.25) is 12.6 Å². The van der Waals surface area contributed by atoms with Gasteiger partial charge in [-0.05, 0) is 32.9 Å². The Labute approximate surface area is 81.7 Å². The standard InChI is InChI=1S/C9H19O3Si/c1-4-11-13(3,12-5-2)9-7-6-8-10/h4-7,9H2,1-3H3. The molecule has 0 spiro atoms. The highest BCUT2D eigenvalue weighted by Crippen LogP contribution is 2.16. The van der Waals surface area contributed by atoms with Gasteiger partial charge < -0.3 is 8.85 Å². The molecule has 0 amide bonds. The largest absolute Gasteiger partial charge is 0.395 e. The Balaban J connectivity index is 3.83. The van der Waals surface area contributed by atoms with Crippen LogP contribution >= 0.6 is 0 Å². The second-order valence-electron chi connectivity index (χ2n) is 3.00. The summed E-state index contributed by atoms with van der Waals surface area (Å²) in [5.74, 6) is 0. The minimum absolute atomic E-state index is 0.489. The molecule has 77 valence electrons. The molecule has 0 N–H and O–H groups in total. The van der Waals surface area contributed by atoms with Crippen molar-refractivity contribution in [3.63, 3.8) is 0 Å². The van der Waals surface area contributed by atoms with Gasteiger partial charge in [0.2, 0.25) is 0 Å². The highest BCUT2D eigenvalue weighted by molar-refractivity contribution is 6.66. The van der Waals surface area contributed by atoms with Crippen LogP contribution in [0.5, 0.6) is 0 Å². The van der Waals surface area contributed by atoms with Crippen molar-refractivity contribution in [2.45, 2.75) is 39.3 Å². The maximum Gasteiger partial charge on any atom is 0.334 e. The molecule has 0 aliphatic heterocycles. The van der Waals surface area contributed by atoms with Gasteiger partial charge in [0.05, 0.1) is 0 Å². The third kappa shape index (κ3) is 5.96. The molecule has 0 aromatic rings. The maximum atomic E-state index is 10.0. The first-order valence-electron chi connectivity index (χ1n) is 4.81. The van der Waals surface area contributed by atoms with Crippen LogP contribution in [0.15, 0.2) is 0 Å². The van der Waals surface area contributed by atoms with E-state index in [1.54, 1.807) is 0 Å². The molecule has 0 aliphatic carbocycles. The Morgan fingerprint density at radius 3 is 2.15 bits per heavy atom. The molecule has 0 bridgehead atoms. The van der Waals surface area contributed by atoms with E-state index in [-0.39, 0.29) is 0 Å². The molecule has 0 saturated heterocycles. The van der Waals surface area contributed by atoms with E-state index in [4.69, 9.17) is 8.85 Å². The molecule has 0 unspecified atom stereocenters. The van der Waals surface area contributed by atoms with Crippen molar-refractivity contribution in [1.82, 2.24) is 0 Å². The molecule has 0 atom stereocenters. The van der Waals surface area contributed by atoms with Crippen molar-refractivity contribution in [3.8, 4) is 0 Å². The molecule has 0 saturated carbocycles. The van der Waals surface area contributed by atoms with Crippen LogP contribution in [0.1, 0.15) is 26.7 Å². The minimum atomic E-state index is -1.97. The summed E-state index contributed by atoms with van der Waals surface area (Å²) in [7, 11) is -1.97. The van der Waals surface area contributed by atoms with Gasteiger partial charge in [-0.3, -0.25) is 4.79 Å². The summed E-state index contributed by atoms with van der Waals surface area (Å²) in [6.45, 7) is 7.36. The number of hydrogen-bond acceptors (Lipinski definition) is 3. The zero-order valence-corrected chi connectivity index (χ0v) is 9.76. The summed E-state index contributed by atoms with van der Waals surface area (Å²) in [6.07, 6.45) is 3.20. The third-order valence-corrected chi connectivity index (χ3v) is 4.87. The van der Waals surface area contributed by atoms with E-state index in [9.17, 15) is 4.79 Å². The van der Waals surface area contributed by atoms with Gasteiger partial charge in [0.1, 0.15) is 0 Å². The molecule has 0 aliphatic rings. The Morgan fingerprint density at radius 1 is 1.23 bits per heavy atom. The van der Waals surface area contributed by atoms with Gasteiger partial charge in [-0.2, -0.15) is 0 Å². The lowest BCUT2D eigenvalue weighted by Crippen LogP contribution is -2.38. The second kappa shape index (κ2) is 7.23. The SMILES string of the molecule is CCO[Si](C)(CCC[C]=O)OCC.